The Morgan fingerprint density at radius 1 is 1.09 bits per heavy atom. The molecule has 1 atom stereocenters. The van der Waals surface area contributed by atoms with Gasteiger partial charge in [0, 0.05) is 5.02 Å². The normalized spacial score (nSPS) is 13.5. The molecule has 0 spiro atoms. The summed E-state index contributed by atoms with van der Waals surface area (Å²) in [5.74, 6) is -0.771. The van der Waals surface area contributed by atoms with Crippen molar-refractivity contribution in [2.75, 3.05) is 0 Å². The van der Waals surface area contributed by atoms with Gasteiger partial charge in [0.2, 0.25) is 0 Å². The maximum absolute atomic E-state index is 12.2. The third-order valence-electron chi connectivity index (χ3n) is 4.11. The number of halogens is 1. The molecule has 0 aliphatic heterocycles. The van der Waals surface area contributed by atoms with E-state index in [9.17, 15) is 9.90 Å². The molecule has 0 heterocycles. The topological polar surface area (TPSA) is 37.3 Å². The summed E-state index contributed by atoms with van der Waals surface area (Å²) < 4.78 is 0. The Hall–Kier alpha value is -1.80. The quantitative estimate of drug-likeness (QED) is 0.772. The predicted octanol–water partition coefficient (Wildman–Crippen LogP) is 5.10. The maximum Gasteiger partial charge on any atom is 0.314 e. The van der Waals surface area contributed by atoms with Gasteiger partial charge < -0.3 is 5.11 Å². The van der Waals surface area contributed by atoms with Crippen molar-refractivity contribution in [1.82, 2.24) is 0 Å². The lowest BCUT2D eigenvalue weighted by atomic mass is 9.72. The van der Waals surface area contributed by atoms with Gasteiger partial charge in [0.25, 0.3) is 0 Å². The highest BCUT2D eigenvalue weighted by Gasteiger charge is 2.39. The van der Waals surface area contributed by atoms with Crippen LogP contribution >= 0.6 is 11.6 Å². The van der Waals surface area contributed by atoms with E-state index in [1.807, 2.05) is 42.5 Å². The number of rotatable bonds is 7. The second kappa shape index (κ2) is 7.46. The SMILES string of the molecule is CCCCC(Cc1ccccc1)(C(=O)O)c1ccc(Cl)cc1. The number of carboxylic acids is 1. The molecule has 0 amide bonds. The molecule has 0 aromatic heterocycles. The molecule has 0 saturated heterocycles. The van der Waals surface area contributed by atoms with Gasteiger partial charge in [0.1, 0.15) is 0 Å². The van der Waals surface area contributed by atoms with E-state index in [0.29, 0.717) is 17.9 Å². The minimum atomic E-state index is -0.901. The highest BCUT2D eigenvalue weighted by Crippen LogP contribution is 2.35. The van der Waals surface area contributed by atoms with Crippen LogP contribution in [-0.4, -0.2) is 11.1 Å². The summed E-state index contributed by atoms with van der Waals surface area (Å²) in [5, 5.41) is 10.6. The minimum absolute atomic E-state index is 0.491. The number of carbonyl (C=O) groups is 1. The van der Waals surface area contributed by atoms with E-state index in [1.165, 1.54) is 0 Å². The summed E-state index contributed by atoms with van der Waals surface area (Å²) in [6, 6.07) is 17.0. The molecule has 2 aromatic carbocycles. The van der Waals surface area contributed by atoms with E-state index in [1.54, 1.807) is 12.1 Å². The third-order valence-corrected chi connectivity index (χ3v) is 4.36. The summed E-state index contributed by atoms with van der Waals surface area (Å²) >= 11 is 5.96. The average Bonchev–Trinajstić information content (AvgIpc) is 2.53. The van der Waals surface area contributed by atoms with E-state index in [-0.39, 0.29) is 0 Å². The Morgan fingerprint density at radius 3 is 2.27 bits per heavy atom. The number of carboxylic acid groups (broad SMARTS) is 1. The largest absolute Gasteiger partial charge is 0.481 e. The van der Waals surface area contributed by atoms with Crippen molar-refractivity contribution in [2.45, 2.75) is 38.0 Å². The molecule has 3 heteroatoms. The Labute approximate surface area is 136 Å². The lowest BCUT2D eigenvalue weighted by molar-refractivity contribution is -0.144. The molecule has 1 N–H and O–H groups in total. The minimum Gasteiger partial charge on any atom is -0.481 e. The van der Waals surface area contributed by atoms with Crippen LogP contribution in [0.2, 0.25) is 5.02 Å². The zero-order chi connectivity index (χ0) is 16.0. The van der Waals surface area contributed by atoms with Gasteiger partial charge in [-0.2, -0.15) is 0 Å². The third kappa shape index (κ3) is 3.69. The lowest BCUT2D eigenvalue weighted by Gasteiger charge is -2.30. The van der Waals surface area contributed by atoms with E-state index < -0.39 is 11.4 Å². The van der Waals surface area contributed by atoms with Crippen LogP contribution in [0.15, 0.2) is 54.6 Å². The van der Waals surface area contributed by atoms with Gasteiger partial charge in [0.15, 0.2) is 0 Å². The van der Waals surface area contributed by atoms with Crippen molar-refractivity contribution in [1.29, 1.82) is 0 Å². The van der Waals surface area contributed by atoms with E-state index in [0.717, 1.165) is 24.0 Å². The molecular formula is C19H21ClO2. The smallest absolute Gasteiger partial charge is 0.314 e. The molecule has 2 aromatic rings. The number of hydrogen-bond acceptors (Lipinski definition) is 1. The second-order valence-corrected chi connectivity index (χ2v) is 6.10. The fraction of sp³-hybridized carbons (Fsp3) is 0.316. The Balaban J connectivity index is 2.45. The second-order valence-electron chi connectivity index (χ2n) is 5.66. The summed E-state index contributed by atoms with van der Waals surface area (Å²) in [6.45, 7) is 2.08. The highest BCUT2D eigenvalue weighted by atomic mass is 35.5. The Kier molecular flexibility index (Phi) is 5.62. The number of benzene rings is 2. The monoisotopic (exact) mass is 316 g/mol. The van der Waals surface area contributed by atoms with Crippen LogP contribution in [0.3, 0.4) is 0 Å². The van der Waals surface area contributed by atoms with E-state index >= 15 is 0 Å². The standard InChI is InChI=1S/C19H21ClO2/c1-2-3-13-19(18(21)22,14-15-7-5-4-6-8-15)16-9-11-17(20)12-10-16/h4-12H,2-3,13-14H2,1H3,(H,21,22). The Morgan fingerprint density at radius 2 is 1.73 bits per heavy atom. The van der Waals surface area contributed by atoms with Crippen LogP contribution in [0.25, 0.3) is 0 Å². The van der Waals surface area contributed by atoms with Gasteiger partial charge in [-0.25, -0.2) is 0 Å². The highest BCUT2D eigenvalue weighted by molar-refractivity contribution is 6.30. The molecule has 0 fully saturated rings. The van der Waals surface area contributed by atoms with Gasteiger partial charge in [-0.1, -0.05) is 73.8 Å². The maximum atomic E-state index is 12.2. The van der Waals surface area contributed by atoms with Crippen LogP contribution < -0.4 is 0 Å². The number of unbranched alkanes of at least 4 members (excludes halogenated alkanes) is 1. The Bertz CT molecular complexity index is 607. The first kappa shape index (κ1) is 16.6. The van der Waals surface area contributed by atoms with E-state index in [4.69, 9.17) is 11.6 Å². The molecule has 116 valence electrons. The summed E-state index contributed by atoms with van der Waals surface area (Å²) in [5.41, 5.74) is 0.958. The van der Waals surface area contributed by atoms with Gasteiger partial charge >= 0.3 is 5.97 Å². The van der Waals surface area contributed by atoms with Gasteiger partial charge in [-0.3, -0.25) is 4.79 Å². The first-order valence-corrected chi connectivity index (χ1v) is 7.99. The van der Waals surface area contributed by atoms with Crippen molar-refractivity contribution in [3.05, 3.63) is 70.7 Å². The summed E-state index contributed by atoms with van der Waals surface area (Å²) in [7, 11) is 0. The van der Waals surface area contributed by atoms with Gasteiger partial charge in [-0.15, -0.1) is 0 Å². The number of aliphatic carboxylic acids is 1. The van der Waals surface area contributed by atoms with Crippen molar-refractivity contribution in [3.63, 3.8) is 0 Å². The van der Waals surface area contributed by atoms with Crippen molar-refractivity contribution in [3.8, 4) is 0 Å². The van der Waals surface area contributed by atoms with Crippen LogP contribution in [0, 0.1) is 0 Å². The molecule has 1 unspecified atom stereocenters. The molecule has 0 radical (unpaired) electrons. The molecule has 22 heavy (non-hydrogen) atoms. The van der Waals surface area contributed by atoms with Crippen LogP contribution in [0.5, 0.6) is 0 Å². The molecule has 0 aliphatic rings. The van der Waals surface area contributed by atoms with Gasteiger partial charge in [-0.05, 0) is 36.1 Å². The fourth-order valence-electron chi connectivity index (χ4n) is 2.83. The molecule has 0 aliphatic carbocycles. The molecule has 0 saturated carbocycles. The zero-order valence-corrected chi connectivity index (χ0v) is 13.5. The van der Waals surface area contributed by atoms with Crippen molar-refractivity contribution in [2.24, 2.45) is 0 Å². The number of hydrogen-bond donors (Lipinski definition) is 1. The van der Waals surface area contributed by atoms with Gasteiger partial charge in [0.05, 0.1) is 5.41 Å². The molecular weight excluding hydrogens is 296 g/mol. The van der Waals surface area contributed by atoms with Crippen LogP contribution in [0.1, 0.15) is 37.3 Å². The van der Waals surface area contributed by atoms with Crippen LogP contribution in [0.4, 0.5) is 0 Å². The molecule has 2 nitrogen and oxygen atoms in total. The average molecular weight is 317 g/mol. The van der Waals surface area contributed by atoms with Crippen molar-refractivity contribution < 1.29 is 9.90 Å². The first-order valence-electron chi connectivity index (χ1n) is 7.62. The molecule has 2 rings (SSSR count). The van der Waals surface area contributed by atoms with Crippen LogP contribution in [-0.2, 0) is 16.6 Å². The van der Waals surface area contributed by atoms with Crippen molar-refractivity contribution >= 4 is 17.6 Å². The first-order chi connectivity index (χ1) is 10.6. The molecule has 0 bridgehead atoms. The summed E-state index contributed by atoms with van der Waals surface area (Å²) in [4.78, 5) is 12.2. The lowest BCUT2D eigenvalue weighted by Crippen LogP contribution is -2.38. The fourth-order valence-corrected chi connectivity index (χ4v) is 2.96. The zero-order valence-electron chi connectivity index (χ0n) is 12.8. The van der Waals surface area contributed by atoms with E-state index in [2.05, 4.69) is 6.92 Å². The predicted molar refractivity (Wildman–Crippen MR) is 90.4 cm³/mol. The summed E-state index contributed by atoms with van der Waals surface area (Å²) in [6.07, 6.45) is 2.96.